The SMILES string of the molecule is CCCC[Te]C(=O)c1c(C(C)C)cc(C(C)C)cc1C(C)C. The van der Waals surface area contributed by atoms with E-state index in [4.69, 9.17) is 0 Å². The summed E-state index contributed by atoms with van der Waals surface area (Å²) in [6, 6.07) is 4.59. The van der Waals surface area contributed by atoms with Gasteiger partial charge in [-0.25, -0.2) is 0 Å². The van der Waals surface area contributed by atoms with E-state index in [2.05, 4.69) is 60.6 Å². The molecular weight excluding hydrogens is 384 g/mol. The summed E-state index contributed by atoms with van der Waals surface area (Å²) in [6.07, 6.45) is 2.39. The molecule has 0 saturated carbocycles. The Kier molecular flexibility index (Phi) is 8.15. The van der Waals surface area contributed by atoms with Gasteiger partial charge in [0.2, 0.25) is 0 Å². The van der Waals surface area contributed by atoms with Crippen molar-refractivity contribution in [1.29, 1.82) is 0 Å². The van der Waals surface area contributed by atoms with Crippen LogP contribution in [-0.4, -0.2) is 24.8 Å². The quantitative estimate of drug-likeness (QED) is 0.369. The first kappa shape index (κ1) is 19.7. The topological polar surface area (TPSA) is 17.1 Å². The predicted octanol–water partition coefficient (Wildman–Crippen LogP) is 6.12. The van der Waals surface area contributed by atoms with Crippen molar-refractivity contribution in [2.75, 3.05) is 0 Å². The summed E-state index contributed by atoms with van der Waals surface area (Å²) in [6.45, 7) is 15.5. The van der Waals surface area contributed by atoms with Crippen molar-refractivity contribution in [3.8, 4) is 0 Å². The summed E-state index contributed by atoms with van der Waals surface area (Å²) in [5.41, 5.74) is 5.01. The Bertz CT molecular complexity index is 471. The normalized spacial score (nSPS) is 11.7. The van der Waals surface area contributed by atoms with Crippen LogP contribution in [0.1, 0.15) is 106 Å². The molecule has 0 aliphatic rings. The maximum atomic E-state index is 12.9. The molecule has 0 saturated heterocycles. The summed E-state index contributed by atoms with van der Waals surface area (Å²) in [4.78, 5) is 12.9. The van der Waals surface area contributed by atoms with Gasteiger partial charge in [0.25, 0.3) is 0 Å². The summed E-state index contributed by atoms with van der Waals surface area (Å²) in [5, 5.41) is 0. The van der Waals surface area contributed by atoms with E-state index in [0.29, 0.717) is 21.6 Å². The van der Waals surface area contributed by atoms with Gasteiger partial charge in [-0.15, -0.1) is 0 Å². The molecule has 22 heavy (non-hydrogen) atoms. The standard InChI is InChI=1S/C20H32OTe/c1-8-9-10-22-20(21)19-17(14(4)5)11-16(13(2)3)12-18(19)15(6)7/h11-15H,8-10H2,1-7H3. The van der Waals surface area contributed by atoms with Crippen LogP contribution in [0.2, 0.25) is 4.47 Å². The van der Waals surface area contributed by atoms with E-state index in [1.807, 2.05) is 0 Å². The van der Waals surface area contributed by atoms with Gasteiger partial charge >= 0.3 is 147 Å². The zero-order valence-electron chi connectivity index (χ0n) is 15.3. The van der Waals surface area contributed by atoms with E-state index in [9.17, 15) is 4.79 Å². The monoisotopic (exact) mass is 418 g/mol. The number of unbranched alkanes of at least 4 members (excludes halogenated alkanes) is 1. The van der Waals surface area contributed by atoms with Gasteiger partial charge in [0.15, 0.2) is 0 Å². The average molecular weight is 416 g/mol. The second-order valence-electron chi connectivity index (χ2n) is 7.03. The molecule has 0 fully saturated rings. The Hall–Kier alpha value is -0.320. The zero-order valence-corrected chi connectivity index (χ0v) is 17.7. The van der Waals surface area contributed by atoms with Crippen LogP contribution in [0.4, 0.5) is 0 Å². The van der Waals surface area contributed by atoms with Crippen LogP contribution in [0.3, 0.4) is 0 Å². The van der Waals surface area contributed by atoms with Crippen molar-refractivity contribution >= 4 is 24.8 Å². The van der Waals surface area contributed by atoms with Gasteiger partial charge in [-0.3, -0.25) is 0 Å². The summed E-state index contributed by atoms with van der Waals surface area (Å²) in [5.74, 6) is 1.33. The predicted molar refractivity (Wildman–Crippen MR) is 98.5 cm³/mol. The van der Waals surface area contributed by atoms with Gasteiger partial charge in [0.1, 0.15) is 0 Å². The maximum absolute atomic E-state index is 12.9. The molecule has 0 aromatic heterocycles. The molecule has 0 spiro atoms. The third-order valence-corrected chi connectivity index (χ3v) is 6.80. The molecular formula is C20H32OTe. The number of benzene rings is 1. The molecule has 0 unspecified atom stereocenters. The van der Waals surface area contributed by atoms with E-state index in [-0.39, 0.29) is 0 Å². The second kappa shape index (κ2) is 9.09. The molecule has 0 amide bonds. The van der Waals surface area contributed by atoms with Gasteiger partial charge in [0, 0.05) is 0 Å². The van der Waals surface area contributed by atoms with E-state index in [1.165, 1.54) is 29.5 Å². The minimum absolute atomic E-state index is 0.411. The molecule has 124 valence electrons. The van der Waals surface area contributed by atoms with Crippen LogP contribution in [0.15, 0.2) is 12.1 Å². The third-order valence-electron chi connectivity index (χ3n) is 4.07. The average Bonchev–Trinajstić information content (AvgIpc) is 2.45. The van der Waals surface area contributed by atoms with Gasteiger partial charge in [0.05, 0.1) is 0 Å². The van der Waals surface area contributed by atoms with Crippen molar-refractivity contribution in [3.05, 3.63) is 34.4 Å². The van der Waals surface area contributed by atoms with Crippen LogP contribution in [-0.2, 0) is 0 Å². The minimum atomic E-state index is -0.565. The fourth-order valence-electron chi connectivity index (χ4n) is 2.57. The Balaban J connectivity index is 3.35. The molecule has 0 aliphatic heterocycles. The van der Waals surface area contributed by atoms with Crippen LogP contribution in [0.25, 0.3) is 0 Å². The van der Waals surface area contributed by atoms with E-state index < -0.39 is 20.9 Å². The number of hydrogen-bond donors (Lipinski definition) is 0. The first-order valence-electron chi connectivity index (χ1n) is 8.64. The number of rotatable bonds is 8. The zero-order chi connectivity index (χ0) is 16.9. The Morgan fingerprint density at radius 1 is 0.955 bits per heavy atom. The van der Waals surface area contributed by atoms with Crippen molar-refractivity contribution in [2.24, 2.45) is 0 Å². The molecule has 0 radical (unpaired) electrons. The van der Waals surface area contributed by atoms with Crippen molar-refractivity contribution in [1.82, 2.24) is 0 Å². The first-order chi connectivity index (χ1) is 10.3. The molecule has 0 aliphatic carbocycles. The summed E-state index contributed by atoms with van der Waals surface area (Å²) < 4.78 is 1.61. The molecule has 0 N–H and O–H groups in total. The molecule has 0 heterocycles. The molecule has 1 nitrogen and oxygen atoms in total. The Labute approximate surface area is 147 Å². The first-order valence-corrected chi connectivity index (χ1v) is 11.5. The molecule has 1 aromatic rings. The molecule has 1 aromatic carbocycles. The van der Waals surface area contributed by atoms with Crippen molar-refractivity contribution in [2.45, 2.75) is 83.5 Å². The summed E-state index contributed by atoms with van der Waals surface area (Å²) in [7, 11) is 0. The summed E-state index contributed by atoms with van der Waals surface area (Å²) >= 11 is -0.565. The van der Waals surface area contributed by atoms with Crippen molar-refractivity contribution < 1.29 is 4.79 Å². The van der Waals surface area contributed by atoms with Crippen LogP contribution >= 0.6 is 0 Å². The number of carbonyl (C=O) groups is 1. The van der Waals surface area contributed by atoms with Crippen LogP contribution in [0.5, 0.6) is 0 Å². The van der Waals surface area contributed by atoms with Crippen molar-refractivity contribution in [3.63, 3.8) is 0 Å². The van der Waals surface area contributed by atoms with E-state index in [0.717, 1.165) is 10.0 Å². The van der Waals surface area contributed by atoms with Crippen LogP contribution in [0, 0.1) is 0 Å². The fourth-order valence-corrected chi connectivity index (χ4v) is 5.42. The second-order valence-corrected chi connectivity index (χ2v) is 10.1. The van der Waals surface area contributed by atoms with Gasteiger partial charge < -0.3 is 0 Å². The molecule has 0 bridgehead atoms. The molecule has 0 atom stereocenters. The molecule has 2 heteroatoms. The molecule has 1 rings (SSSR count). The Morgan fingerprint density at radius 3 is 1.82 bits per heavy atom. The van der Waals surface area contributed by atoms with Gasteiger partial charge in [-0.1, -0.05) is 0 Å². The number of carbonyl (C=O) groups excluding carboxylic acids is 1. The fraction of sp³-hybridized carbons (Fsp3) is 0.650. The Morgan fingerprint density at radius 2 is 1.45 bits per heavy atom. The van der Waals surface area contributed by atoms with Crippen LogP contribution < -0.4 is 0 Å². The van der Waals surface area contributed by atoms with Gasteiger partial charge in [-0.2, -0.15) is 0 Å². The van der Waals surface area contributed by atoms with Gasteiger partial charge in [-0.05, 0) is 0 Å². The third kappa shape index (κ3) is 5.10. The van der Waals surface area contributed by atoms with E-state index >= 15 is 0 Å². The number of hydrogen-bond acceptors (Lipinski definition) is 1. The van der Waals surface area contributed by atoms with E-state index in [1.54, 1.807) is 0 Å².